The van der Waals surface area contributed by atoms with E-state index in [1.54, 1.807) is 13.2 Å². The number of hydrogen-bond acceptors (Lipinski definition) is 3. The number of anilines is 1. The Kier molecular flexibility index (Phi) is 5.56. The number of para-hydroxylation sites is 1. The van der Waals surface area contributed by atoms with Gasteiger partial charge in [0.1, 0.15) is 5.82 Å². The summed E-state index contributed by atoms with van der Waals surface area (Å²) in [5.41, 5.74) is 7.36. The van der Waals surface area contributed by atoms with Crippen LogP contribution in [0.25, 0.3) is 0 Å². The maximum absolute atomic E-state index is 14.1. The summed E-state index contributed by atoms with van der Waals surface area (Å²) in [5.74, 6) is -0.227. The number of rotatable bonds is 6. The first-order valence-corrected chi connectivity index (χ1v) is 6.28. The molecular formula is C14H23FN2O. The first-order valence-electron chi connectivity index (χ1n) is 6.28. The average molecular weight is 254 g/mol. The lowest BCUT2D eigenvalue weighted by molar-refractivity contribution is 0.203. The summed E-state index contributed by atoms with van der Waals surface area (Å²) in [5, 5.41) is 0. The van der Waals surface area contributed by atoms with Gasteiger partial charge in [-0.3, -0.25) is 0 Å². The number of nitrogens with two attached hydrogens (primary N) is 1. The molecule has 0 saturated heterocycles. The van der Waals surface area contributed by atoms with Gasteiger partial charge in [-0.15, -0.1) is 0 Å². The number of methoxy groups -OCH3 is 1. The normalized spacial score (nSPS) is 12.8. The lowest BCUT2D eigenvalue weighted by Gasteiger charge is -2.31. The molecule has 0 radical (unpaired) electrons. The van der Waals surface area contributed by atoms with E-state index in [0.717, 1.165) is 5.56 Å². The predicted octanol–water partition coefficient (Wildman–Crippen LogP) is 2.71. The van der Waals surface area contributed by atoms with E-state index < -0.39 is 0 Å². The Bertz CT molecular complexity index is 380. The molecule has 0 unspecified atom stereocenters. The highest BCUT2D eigenvalue weighted by Crippen LogP contribution is 2.29. The van der Waals surface area contributed by atoms with Crippen LogP contribution in [0.5, 0.6) is 0 Å². The van der Waals surface area contributed by atoms with Gasteiger partial charge in [0.2, 0.25) is 0 Å². The zero-order chi connectivity index (χ0) is 13.7. The maximum atomic E-state index is 14.1. The topological polar surface area (TPSA) is 38.5 Å². The van der Waals surface area contributed by atoms with Crippen molar-refractivity contribution in [3.8, 4) is 0 Å². The third kappa shape index (κ3) is 3.43. The largest absolute Gasteiger partial charge is 0.383 e. The van der Waals surface area contributed by atoms with Crippen LogP contribution in [0.3, 0.4) is 0 Å². The summed E-state index contributed by atoms with van der Waals surface area (Å²) in [6, 6.07) is 5.05. The summed E-state index contributed by atoms with van der Waals surface area (Å²) in [4.78, 5) is 2.00. The van der Waals surface area contributed by atoms with Crippen molar-refractivity contribution in [2.75, 3.05) is 25.2 Å². The van der Waals surface area contributed by atoms with Crippen LogP contribution in [0.2, 0.25) is 0 Å². The van der Waals surface area contributed by atoms with Crippen molar-refractivity contribution >= 4 is 5.69 Å². The third-order valence-electron chi connectivity index (χ3n) is 2.96. The van der Waals surface area contributed by atoms with Crippen LogP contribution < -0.4 is 10.6 Å². The predicted molar refractivity (Wildman–Crippen MR) is 73.4 cm³/mol. The molecule has 0 aliphatic carbocycles. The van der Waals surface area contributed by atoms with Crippen LogP contribution in [-0.4, -0.2) is 26.3 Å². The monoisotopic (exact) mass is 254 g/mol. The van der Waals surface area contributed by atoms with E-state index in [1.807, 2.05) is 31.7 Å². The molecule has 4 heteroatoms. The lowest BCUT2D eigenvalue weighted by atomic mass is 10.0. The summed E-state index contributed by atoms with van der Waals surface area (Å²) in [6.45, 7) is 7.15. The van der Waals surface area contributed by atoms with Gasteiger partial charge in [0.25, 0.3) is 0 Å². The molecule has 1 aromatic carbocycles. The molecule has 0 amide bonds. The van der Waals surface area contributed by atoms with Crippen molar-refractivity contribution in [3.05, 3.63) is 29.6 Å². The van der Waals surface area contributed by atoms with Crippen molar-refractivity contribution in [2.24, 2.45) is 5.73 Å². The maximum Gasteiger partial charge on any atom is 0.146 e. The van der Waals surface area contributed by atoms with Gasteiger partial charge in [0, 0.05) is 25.7 Å². The Morgan fingerprint density at radius 1 is 1.33 bits per heavy atom. The second kappa shape index (κ2) is 6.71. The first kappa shape index (κ1) is 14.9. The Hall–Kier alpha value is -1.13. The smallest absolute Gasteiger partial charge is 0.146 e. The molecule has 0 aliphatic rings. The minimum Gasteiger partial charge on any atom is -0.383 e. The molecule has 0 fully saturated rings. The molecule has 2 N–H and O–H groups in total. The van der Waals surface area contributed by atoms with Crippen molar-refractivity contribution in [1.82, 2.24) is 0 Å². The lowest BCUT2D eigenvalue weighted by Crippen LogP contribution is -2.35. The summed E-state index contributed by atoms with van der Waals surface area (Å²) in [6.07, 6.45) is 0. The molecule has 1 aromatic rings. The van der Waals surface area contributed by atoms with Crippen molar-refractivity contribution in [2.45, 2.75) is 32.9 Å². The average Bonchev–Trinajstić information content (AvgIpc) is 2.30. The van der Waals surface area contributed by atoms with Crippen molar-refractivity contribution < 1.29 is 9.13 Å². The van der Waals surface area contributed by atoms with Gasteiger partial charge in [-0.05, 0) is 32.4 Å². The molecule has 0 aliphatic heterocycles. The zero-order valence-corrected chi connectivity index (χ0v) is 11.6. The SMILES string of the molecule is COCCN(c1c(F)cccc1[C@@H](C)N)C(C)C. The van der Waals surface area contributed by atoms with Crippen LogP contribution >= 0.6 is 0 Å². The molecular weight excluding hydrogens is 231 g/mol. The summed E-state index contributed by atoms with van der Waals surface area (Å²) >= 11 is 0. The van der Waals surface area contributed by atoms with Crippen LogP contribution in [0.15, 0.2) is 18.2 Å². The van der Waals surface area contributed by atoms with E-state index in [2.05, 4.69) is 0 Å². The van der Waals surface area contributed by atoms with Gasteiger partial charge < -0.3 is 15.4 Å². The third-order valence-corrected chi connectivity index (χ3v) is 2.96. The Labute approximate surface area is 109 Å². The van der Waals surface area contributed by atoms with E-state index in [4.69, 9.17) is 10.5 Å². The van der Waals surface area contributed by atoms with Crippen LogP contribution in [0.1, 0.15) is 32.4 Å². The highest BCUT2D eigenvalue weighted by molar-refractivity contribution is 5.56. The number of halogens is 1. The Balaban J connectivity index is 3.17. The molecule has 0 bridgehead atoms. The van der Waals surface area contributed by atoms with Crippen molar-refractivity contribution in [3.63, 3.8) is 0 Å². The molecule has 0 spiro atoms. The molecule has 1 rings (SSSR count). The quantitative estimate of drug-likeness (QED) is 0.848. The number of benzene rings is 1. The Morgan fingerprint density at radius 3 is 2.50 bits per heavy atom. The molecule has 0 saturated carbocycles. The highest BCUT2D eigenvalue weighted by Gasteiger charge is 2.20. The van der Waals surface area contributed by atoms with Gasteiger partial charge in [0.15, 0.2) is 0 Å². The van der Waals surface area contributed by atoms with Gasteiger partial charge in [-0.2, -0.15) is 0 Å². The molecule has 18 heavy (non-hydrogen) atoms. The molecule has 0 heterocycles. The van der Waals surface area contributed by atoms with Crippen LogP contribution in [0.4, 0.5) is 10.1 Å². The fourth-order valence-electron chi connectivity index (χ4n) is 2.02. The van der Waals surface area contributed by atoms with Crippen LogP contribution in [-0.2, 0) is 4.74 Å². The van der Waals surface area contributed by atoms with Gasteiger partial charge >= 0.3 is 0 Å². The molecule has 3 nitrogen and oxygen atoms in total. The fraction of sp³-hybridized carbons (Fsp3) is 0.571. The van der Waals surface area contributed by atoms with Gasteiger partial charge in [0.05, 0.1) is 12.3 Å². The highest BCUT2D eigenvalue weighted by atomic mass is 19.1. The molecule has 102 valence electrons. The zero-order valence-electron chi connectivity index (χ0n) is 11.6. The van der Waals surface area contributed by atoms with Gasteiger partial charge in [-0.1, -0.05) is 12.1 Å². The number of hydrogen-bond donors (Lipinski definition) is 1. The Morgan fingerprint density at radius 2 is 2.00 bits per heavy atom. The van der Waals surface area contributed by atoms with E-state index in [9.17, 15) is 4.39 Å². The molecule has 0 aromatic heterocycles. The van der Waals surface area contributed by atoms with E-state index >= 15 is 0 Å². The van der Waals surface area contributed by atoms with E-state index in [1.165, 1.54) is 6.07 Å². The van der Waals surface area contributed by atoms with Gasteiger partial charge in [-0.25, -0.2) is 4.39 Å². The minimum atomic E-state index is -0.227. The summed E-state index contributed by atoms with van der Waals surface area (Å²) in [7, 11) is 1.65. The first-order chi connectivity index (χ1) is 8.49. The van der Waals surface area contributed by atoms with E-state index in [-0.39, 0.29) is 17.9 Å². The summed E-state index contributed by atoms with van der Waals surface area (Å²) < 4.78 is 19.2. The number of ether oxygens (including phenoxy) is 1. The number of nitrogens with zero attached hydrogens (tertiary/aromatic N) is 1. The second-order valence-electron chi connectivity index (χ2n) is 4.75. The van der Waals surface area contributed by atoms with Crippen molar-refractivity contribution in [1.29, 1.82) is 0 Å². The van der Waals surface area contributed by atoms with Crippen LogP contribution in [0, 0.1) is 5.82 Å². The minimum absolute atomic E-state index is 0.189. The fourth-order valence-corrected chi connectivity index (χ4v) is 2.02. The van der Waals surface area contributed by atoms with E-state index in [0.29, 0.717) is 18.8 Å². The standard InChI is InChI=1S/C14H23FN2O/c1-10(2)17(8-9-18-4)14-12(11(3)16)6-5-7-13(14)15/h5-7,10-11H,8-9,16H2,1-4H3/t11-/m1/s1. The molecule has 1 atom stereocenters. The second-order valence-corrected chi connectivity index (χ2v) is 4.75.